The van der Waals surface area contributed by atoms with Gasteiger partial charge >= 0.3 is 0 Å². The first kappa shape index (κ1) is 12.1. The van der Waals surface area contributed by atoms with E-state index in [1.165, 1.54) is 0 Å². The predicted octanol–water partition coefficient (Wildman–Crippen LogP) is 1.37. The molecule has 1 saturated heterocycles. The highest BCUT2D eigenvalue weighted by atomic mass is 16.2. The van der Waals surface area contributed by atoms with E-state index in [9.17, 15) is 4.79 Å². The first-order valence-electron chi connectivity index (χ1n) is 6.23. The molecular formula is C12H20N4O. The number of nitrogens with zero attached hydrogens (tertiary/aromatic N) is 2. The monoisotopic (exact) mass is 236 g/mol. The van der Waals surface area contributed by atoms with Gasteiger partial charge in [0.1, 0.15) is 0 Å². The van der Waals surface area contributed by atoms with Gasteiger partial charge in [0.2, 0.25) is 5.91 Å². The molecule has 2 N–H and O–H groups in total. The lowest BCUT2D eigenvalue weighted by Gasteiger charge is -2.33. The first-order valence-corrected chi connectivity index (χ1v) is 6.23. The number of piperidine rings is 1. The number of amides is 1. The van der Waals surface area contributed by atoms with Crippen molar-refractivity contribution >= 4 is 11.6 Å². The standard InChI is InChI=1S/C12H20N4O/c1-3-16-9-10(8-14-16)15-11(17)12(2)6-4-5-7-13-12/h8-9,13H,3-7H2,1-2H3,(H,15,17). The first-order chi connectivity index (χ1) is 8.14. The van der Waals surface area contributed by atoms with Crippen LogP contribution in [0, 0.1) is 0 Å². The predicted molar refractivity (Wildman–Crippen MR) is 66.8 cm³/mol. The Morgan fingerprint density at radius 2 is 2.47 bits per heavy atom. The van der Waals surface area contributed by atoms with Crippen molar-refractivity contribution in [3.8, 4) is 0 Å². The fourth-order valence-corrected chi connectivity index (χ4v) is 2.12. The Kier molecular flexibility index (Phi) is 3.47. The lowest BCUT2D eigenvalue weighted by Crippen LogP contribution is -2.54. The summed E-state index contributed by atoms with van der Waals surface area (Å²) in [6.07, 6.45) is 6.68. The Labute approximate surface area is 102 Å². The van der Waals surface area contributed by atoms with Gasteiger partial charge in [-0.1, -0.05) is 0 Å². The molecule has 1 amide bonds. The normalized spacial score (nSPS) is 24.6. The summed E-state index contributed by atoms with van der Waals surface area (Å²) < 4.78 is 1.80. The zero-order chi connectivity index (χ0) is 12.3. The zero-order valence-electron chi connectivity index (χ0n) is 10.5. The molecule has 1 fully saturated rings. The van der Waals surface area contributed by atoms with Crippen LogP contribution < -0.4 is 10.6 Å². The van der Waals surface area contributed by atoms with Crippen LogP contribution in [0.3, 0.4) is 0 Å². The molecule has 1 aromatic heterocycles. The number of anilines is 1. The second-order valence-electron chi connectivity index (χ2n) is 4.75. The van der Waals surface area contributed by atoms with E-state index in [1.54, 1.807) is 10.9 Å². The fourth-order valence-electron chi connectivity index (χ4n) is 2.12. The van der Waals surface area contributed by atoms with Gasteiger partial charge in [-0.15, -0.1) is 0 Å². The number of rotatable bonds is 3. The molecule has 0 aliphatic carbocycles. The summed E-state index contributed by atoms with van der Waals surface area (Å²) in [5.74, 6) is 0.0350. The number of nitrogens with one attached hydrogen (secondary N) is 2. The molecule has 0 radical (unpaired) electrons. The van der Waals surface area contributed by atoms with Gasteiger partial charge < -0.3 is 10.6 Å². The van der Waals surface area contributed by atoms with Crippen molar-refractivity contribution in [3.05, 3.63) is 12.4 Å². The Morgan fingerprint density at radius 3 is 3.06 bits per heavy atom. The lowest BCUT2D eigenvalue weighted by molar-refractivity contribution is -0.122. The van der Waals surface area contributed by atoms with Gasteiger partial charge in [-0.3, -0.25) is 9.48 Å². The van der Waals surface area contributed by atoms with Crippen LogP contribution in [0.5, 0.6) is 0 Å². The smallest absolute Gasteiger partial charge is 0.244 e. The minimum atomic E-state index is -0.438. The summed E-state index contributed by atoms with van der Waals surface area (Å²) in [5.41, 5.74) is 0.331. The van der Waals surface area contributed by atoms with Crippen molar-refractivity contribution in [3.63, 3.8) is 0 Å². The quantitative estimate of drug-likeness (QED) is 0.833. The maximum atomic E-state index is 12.2. The average molecular weight is 236 g/mol. The van der Waals surface area contributed by atoms with E-state index in [0.717, 1.165) is 38.0 Å². The van der Waals surface area contributed by atoms with Crippen LogP contribution in [0.1, 0.15) is 33.1 Å². The second-order valence-corrected chi connectivity index (χ2v) is 4.75. The molecule has 1 aromatic rings. The van der Waals surface area contributed by atoms with Crippen molar-refractivity contribution in [2.24, 2.45) is 0 Å². The highest BCUT2D eigenvalue weighted by molar-refractivity contribution is 5.97. The maximum Gasteiger partial charge on any atom is 0.244 e. The van der Waals surface area contributed by atoms with Crippen molar-refractivity contribution < 1.29 is 4.79 Å². The Morgan fingerprint density at radius 1 is 1.65 bits per heavy atom. The van der Waals surface area contributed by atoms with Crippen molar-refractivity contribution in [1.29, 1.82) is 0 Å². The summed E-state index contributed by atoms with van der Waals surface area (Å²) in [5, 5.41) is 10.4. The lowest BCUT2D eigenvalue weighted by atomic mass is 9.90. The molecule has 5 heteroatoms. The number of hydrogen-bond acceptors (Lipinski definition) is 3. The van der Waals surface area contributed by atoms with E-state index >= 15 is 0 Å². The van der Waals surface area contributed by atoms with Gasteiger partial charge in [-0.25, -0.2) is 0 Å². The summed E-state index contributed by atoms with van der Waals surface area (Å²) >= 11 is 0. The minimum absolute atomic E-state index is 0.0350. The van der Waals surface area contributed by atoms with Crippen LogP contribution in [0.25, 0.3) is 0 Å². The van der Waals surface area contributed by atoms with Gasteiger partial charge in [0.15, 0.2) is 0 Å². The van der Waals surface area contributed by atoms with E-state index in [-0.39, 0.29) is 5.91 Å². The highest BCUT2D eigenvalue weighted by Gasteiger charge is 2.34. The molecule has 1 aliphatic heterocycles. The summed E-state index contributed by atoms with van der Waals surface area (Å²) in [7, 11) is 0. The molecule has 0 aromatic carbocycles. The average Bonchev–Trinajstić information content (AvgIpc) is 2.78. The molecule has 94 valence electrons. The third-order valence-corrected chi connectivity index (χ3v) is 3.33. The summed E-state index contributed by atoms with van der Waals surface area (Å²) in [6.45, 7) is 5.71. The molecule has 1 aliphatic rings. The van der Waals surface area contributed by atoms with Crippen LogP contribution in [-0.2, 0) is 11.3 Å². The third kappa shape index (κ3) is 2.66. The molecule has 2 heterocycles. The number of carbonyl (C=O) groups is 1. The largest absolute Gasteiger partial charge is 0.322 e. The van der Waals surface area contributed by atoms with E-state index < -0.39 is 5.54 Å². The van der Waals surface area contributed by atoms with Crippen LogP contribution >= 0.6 is 0 Å². The van der Waals surface area contributed by atoms with E-state index in [2.05, 4.69) is 15.7 Å². The van der Waals surface area contributed by atoms with E-state index in [0.29, 0.717) is 0 Å². The van der Waals surface area contributed by atoms with Gasteiger partial charge in [0.05, 0.1) is 17.4 Å². The van der Waals surface area contributed by atoms with Gasteiger partial charge in [0, 0.05) is 12.7 Å². The number of hydrogen-bond donors (Lipinski definition) is 2. The van der Waals surface area contributed by atoms with Gasteiger partial charge in [-0.2, -0.15) is 5.10 Å². The van der Waals surface area contributed by atoms with Crippen LogP contribution in [0.4, 0.5) is 5.69 Å². The number of carbonyl (C=O) groups excluding carboxylic acids is 1. The maximum absolute atomic E-state index is 12.2. The topological polar surface area (TPSA) is 59.0 Å². The third-order valence-electron chi connectivity index (χ3n) is 3.33. The minimum Gasteiger partial charge on any atom is -0.322 e. The van der Waals surface area contributed by atoms with Gasteiger partial charge in [-0.05, 0) is 39.7 Å². The van der Waals surface area contributed by atoms with Crippen LogP contribution in [0.2, 0.25) is 0 Å². The number of aryl methyl sites for hydroxylation is 1. The molecule has 0 spiro atoms. The molecule has 0 bridgehead atoms. The molecule has 1 atom stereocenters. The van der Waals surface area contributed by atoms with Crippen molar-refractivity contribution in [2.45, 2.75) is 45.2 Å². The summed E-state index contributed by atoms with van der Waals surface area (Å²) in [6, 6.07) is 0. The van der Waals surface area contributed by atoms with Crippen LogP contribution in [-0.4, -0.2) is 27.8 Å². The molecular weight excluding hydrogens is 216 g/mol. The SMILES string of the molecule is CCn1cc(NC(=O)C2(C)CCCCN2)cn1. The molecule has 1 unspecified atom stereocenters. The zero-order valence-corrected chi connectivity index (χ0v) is 10.5. The Bertz CT molecular complexity index is 393. The fraction of sp³-hybridized carbons (Fsp3) is 0.667. The van der Waals surface area contributed by atoms with Crippen LogP contribution in [0.15, 0.2) is 12.4 Å². The Hall–Kier alpha value is -1.36. The van der Waals surface area contributed by atoms with E-state index in [1.807, 2.05) is 20.0 Å². The number of aromatic nitrogens is 2. The molecule has 17 heavy (non-hydrogen) atoms. The second kappa shape index (κ2) is 4.87. The summed E-state index contributed by atoms with van der Waals surface area (Å²) in [4.78, 5) is 12.2. The van der Waals surface area contributed by atoms with Crippen molar-refractivity contribution in [2.75, 3.05) is 11.9 Å². The molecule has 2 rings (SSSR count). The Balaban J connectivity index is 2.00. The van der Waals surface area contributed by atoms with Gasteiger partial charge in [0.25, 0.3) is 0 Å². The molecule has 5 nitrogen and oxygen atoms in total. The van der Waals surface area contributed by atoms with Crippen molar-refractivity contribution in [1.82, 2.24) is 15.1 Å². The molecule has 0 saturated carbocycles. The van der Waals surface area contributed by atoms with E-state index in [4.69, 9.17) is 0 Å². The highest BCUT2D eigenvalue weighted by Crippen LogP contribution is 2.20.